The predicted octanol–water partition coefficient (Wildman–Crippen LogP) is 1.48. The molecule has 1 amide bonds. The van der Waals surface area contributed by atoms with Crippen LogP contribution in [0.4, 0.5) is 0 Å². The molecule has 2 N–H and O–H groups in total. The summed E-state index contributed by atoms with van der Waals surface area (Å²) >= 11 is 0. The lowest BCUT2D eigenvalue weighted by Crippen LogP contribution is -2.41. The quantitative estimate of drug-likeness (QED) is 0.863. The number of aliphatic hydroxyl groups excluding tert-OH is 1. The van der Waals surface area contributed by atoms with Crippen molar-refractivity contribution in [3.05, 3.63) is 36.2 Å². The average molecular weight is 275 g/mol. The van der Waals surface area contributed by atoms with E-state index in [-0.39, 0.29) is 24.5 Å². The van der Waals surface area contributed by atoms with Crippen molar-refractivity contribution in [1.82, 2.24) is 15.5 Å². The highest BCUT2D eigenvalue weighted by Crippen LogP contribution is 2.15. The molecular weight excluding hydrogens is 258 g/mol. The van der Waals surface area contributed by atoms with E-state index in [9.17, 15) is 9.90 Å². The zero-order valence-corrected chi connectivity index (χ0v) is 11.4. The van der Waals surface area contributed by atoms with Gasteiger partial charge in [-0.25, -0.2) is 0 Å². The van der Waals surface area contributed by atoms with Crippen molar-refractivity contribution in [2.75, 3.05) is 6.61 Å². The minimum Gasteiger partial charge on any atom is -0.394 e. The number of nitrogens with zero attached hydrogens (tertiary/aromatic N) is 2. The molecule has 0 spiro atoms. The first-order chi connectivity index (χ1) is 9.61. The first kappa shape index (κ1) is 14.2. The molecule has 2 aromatic rings. The summed E-state index contributed by atoms with van der Waals surface area (Å²) in [5.74, 6) is 0.437. The van der Waals surface area contributed by atoms with Gasteiger partial charge in [-0.1, -0.05) is 31.1 Å². The molecule has 1 aromatic heterocycles. The summed E-state index contributed by atoms with van der Waals surface area (Å²) in [6.07, 6.45) is 1.25. The van der Waals surface area contributed by atoms with Gasteiger partial charge in [0.2, 0.25) is 12.2 Å². The van der Waals surface area contributed by atoms with E-state index in [0.29, 0.717) is 11.4 Å². The Hall–Kier alpha value is -2.21. The molecule has 106 valence electrons. The number of amides is 1. The van der Waals surface area contributed by atoms with Gasteiger partial charge in [-0.05, 0) is 18.1 Å². The molecule has 0 fully saturated rings. The van der Waals surface area contributed by atoms with Crippen LogP contribution in [0.3, 0.4) is 0 Å². The van der Waals surface area contributed by atoms with Crippen LogP contribution in [0, 0.1) is 5.92 Å². The molecule has 0 saturated carbocycles. The molecule has 20 heavy (non-hydrogen) atoms. The first-order valence-electron chi connectivity index (χ1n) is 6.40. The van der Waals surface area contributed by atoms with Crippen LogP contribution >= 0.6 is 0 Å². The molecule has 1 atom stereocenters. The van der Waals surface area contributed by atoms with Crippen molar-refractivity contribution in [2.45, 2.75) is 19.9 Å². The minimum atomic E-state index is -0.251. The lowest BCUT2D eigenvalue weighted by atomic mass is 10.0. The van der Waals surface area contributed by atoms with Crippen LogP contribution in [0.1, 0.15) is 24.2 Å². The number of rotatable bonds is 5. The van der Waals surface area contributed by atoms with E-state index in [4.69, 9.17) is 0 Å². The molecule has 1 heterocycles. The van der Waals surface area contributed by atoms with E-state index >= 15 is 0 Å². The van der Waals surface area contributed by atoms with Crippen molar-refractivity contribution in [1.29, 1.82) is 0 Å². The van der Waals surface area contributed by atoms with E-state index in [0.717, 1.165) is 5.56 Å². The number of carbonyl (C=O) groups excluding carboxylic acids is 1. The summed E-state index contributed by atoms with van der Waals surface area (Å²) in [4.78, 5) is 16.0. The number of hydrogen-bond acceptors (Lipinski definition) is 5. The Morgan fingerprint density at radius 1 is 1.35 bits per heavy atom. The van der Waals surface area contributed by atoms with Crippen LogP contribution in [0.5, 0.6) is 0 Å². The zero-order valence-electron chi connectivity index (χ0n) is 11.4. The fraction of sp³-hybridized carbons (Fsp3) is 0.357. The summed E-state index contributed by atoms with van der Waals surface area (Å²) in [5.41, 5.74) is 1.30. The van der Waals surface area contributed by atoms with Gasteiger partial charge in [0.25, 0.3) is 5.91 Å². The number of nitrogens with one attached hydrogen (secondary N) is 1. The van der Waals surface area contributed by atoms with E-state index in [1.54, 1.807) is 24.3 Å². The maximum atomic E-state index is 12.0. The standard InChI is InChI=1S/C14H17N3O3/c1-9(2)12(7-18)16-14(19)11-5-3-10(4-6-11)13-15-8-20-17-13/h3-6,8-9,12,18H,7H2,1-2H3,(H,16,19)/t12-/m1/s1. The maximum Gasteiger partial charge on any atom is 0.251 e. The molecule has 6 nitrogen and oxygen atoms in total. The fourth-order valence-electron chi connectivity index (χ4n) is 1.74. The monoisotopic (exact) mass is 275 g/mol. The summed E-state index contributed by atoms with van der Waals surface area (Å²) in [6, 6.07) is 6.64. The lowest BCUT2D eigenvalue weighted by Gasteiger charge is -2.19. The highest BCUT2D eigenvalue weighted by molar-refractivity contribution is 5.94. The third kappa shape index (κ3) is 3.21. The normalized spacial score (nSPS) is 12.4. The molecule has 0 aliphatic carbocycles. The van der Waals surface area contributed by atoms with Gasteiger partial charge in [0, 0.05) is 11.1 Å². The summed E-state index contributed by atoms with van der Waals surface area (Å²) in [5, 5.41) is 15.7. The van der Waals surface area contributed by atoms with E-state index in [1.807, 2.05) is 13.8 Å². The molecule has 2 rings (SSSR count). The molecular formula is C14H17N3O3. The lowest BCUT2D eigenvalue weighted by molar-refractivity contribution is 0.0897. The molecule has 0 aliphatic heterocycles. The van der Waals surface area contributed by atoms with Gasteiger partial charge in [-0.15, -0.1) is 0 Å². The van der Waals surface area contributed by atoms with Gasteiger partial charge in [-0.3, -0.25) is 4.79 Å². The maximum absolute atomic E-state index is 12.0. The number of carbonyl (C=O) groups is 1. The topological polar surface area (TPSA) is 88.2 Å². The second kappa shape index (κ2) is 6.29. The SMILES string of the molecule is CC(C)[C@@H](CO)NC(=O)c1ccc(-c2ncon2)cc1. The molecule has 0 aliphatic rings. The van der Waals surface area contributed by atoms with Crippen LogP contribution in [-0.2, 0) is 0 Å². The number of aliphatic hydroxyl groups is 1. The summed E-state index contributed by atoms with van der Waals surface area (Å²) < 4.78 is 4.67. The number of benzene rings is 1. The van der Waals surface area contributed by atoms with Crippen LogP contribution in [0.15, 0.2) is 35.2 Å². The smallest absolute Gasteiger partial charge is 0.251 e. The Balaban J connectivity index is 2.08. The molecule has 0 saturated heterocycles. The van der Waals surface area contributed by atoms with Crippen molar-refractivity contribution >= 4 is 5.91 Å². The average Bonchev–Trinajstić information content (AvgIpc) is 2.98. The van der Waals surface area contributed by atoms with Crippen molar-refractivity contribution < 1.29 is 14.4 Å². The van der Waals surface area contributed by atoms with Gasteiger partial charge in [-0.2, -0.15) is 4.98 Å². The van der Waals surface area contributed by atoms with Crippen molar-refractivity contribution in [2.24, 2.45) is 5.92 Å². The molecule has 0 unspecified atom stereocenters. The summed E-state index contributed by atoms with van der Waals surface area (Å²) in [6.45, 7) is 3.81. The van der Waals surface area contributed by atoms with Crippen molar-refractivity contribution in [3.8, 4) is 11.4 Å². The fourth-order valence-corrected chi connectivity index (χ4v) is 1.74. The Labute approximate surface area is 116 Å². The Bertz CT molecular complexity index is 550. The van der Waals surface area contributed by atoms with Gasteiger partial charge in [0.15, 0.2) is 0 Å². The van der Waals surface area contributed by atoms with Gasteiger partial charge < -0.3 is 14.9 Å². The van der Waals surface area contributed by atoms with Gasteiger partial charge in [0.05, 0.1) is 12.6 Å². The highest BCUT2D eigenvalue weighted by atomic mass is 16.5. The van der Waals surface area contributed by atoms with Crippen LogP contribution in [-0.4, -0.2) is 33.8 Å². The highest BCUT2D eigenvalue weighted by Gasteiger charge is 2.16. The van der Waals surface area contributed by atoms with Crippen LogP contribution in [0.25, 0.3) is 11.4 Å². The van der Waals surface area contributed by atoms with Crippen LogP contribution in [0.2, 0.25) is 0 Å². The largest absolute Gasteiger partial charge is 0.394 e. The zero-order chi connectivity index (χ0) is 14.5. The van der Waals surface area contributed by atoms with Crippen molar-refractivity contribution in [3.63, 3.8) is 0 Å². The number of hydrogen-bond donors (Lipinski definition) is 2. The molecule has 0 bridgehead atoms. The second-order valence-corrected chi connectivity index (χ2v) is 4.84. The molecule has 0 radical (unpaired) electrons. The minimum absolute atomic E-state index is 0.0790. The van der Waals surface area contributed by atoms with Crippen LogP contribution < -0.4 is 5.32 Å². The van der Waals surface area contributed by atoms with Gasteiger partial charge in [0.1, 0.15) is 0 Å². The Kier molecular flexibility index (Phi) is 4.47. The Morgan fingerprint density at radius 2 is 2.05 bits per heavy atom. The predicted molar refractivity (Wildman–Crippen MR) is 72.9 cm³/mol. The van der Waals surface area contributed by atoms with E-state index in [1.165, 1.54) is 6.39 Å². The molecule has 6 heteroatoms. The second-order valence-electron chi connectivity index (χ2n) is 4.84. The summed E-state index contributed by atoms with van der Waals surface area (Å²) in [7, 11) is 0. The third-order valence-electron chi connectivity index (χ3n) is 3.08. The van der Waals surface area contributed by atoms with E-state index < -0.39 is 0 Å². The molecule has 1 aromatic carbocycles. The van der Waals surface area contributed by atoms with E-state index in [2.05, 4.69) is 20.0 Å². The Morgan fingerprint density at radius 3 is 2.55 bits per heavy atom. The van der Waals surface area contributed by atoms with Gasteiger partial charge >= 0.3 is 0 Å². The number of aromatic nitrogens is 2. The third-order valence-corrected chi connectivity index (χ3v) is 3.08. The first-order valence-corrected chi connectivity index (χ1v) is 6.40.